The Morgan fingerprint density at radius 2 is 2.45 bits per heavy atom. The summed E-state index contributed by atoms with van der Waals surface area (Å²) in [5, 5.41) is 12.4. The van der Waals surface area contributed by atoms with Crippen LogP contribution >= 0.6 is 11.6 Å². The molecule has 2 heterocycles. The fraction of sp³-hybridized carbons (Fsp3) is 0.571. The minimum absolute atomic E-state index is 0.173. The lowest BCUT2D eigenvalue weighted by Crippen LogP contribution is -2.41. The number of carbonyl (C=O) groups excluding carboxylic acids is 1. The standard InChI is InChI=1S/C14H20ClN3O2/c15-13-8-16-4-3-12(13)14(20)17-5-7-18-6-1-2-11(9-18)10-19/h3-4,8,11,19H,1-2,5-7,9-10H2,(H,17,20)/t11-/m0/s1. The fourth-order valence-electron chi connectivity index (χ4n) is 2.49. The lowest BCUT2D eigenvalue weighted by atomic mass is 9.99. The molecule has 1 amide bonds. The lowest BCUT2D eigenvalue weighted by Gasteiger charge is -2.31. The largest absolute Gasteiger partial charge is 0.396 e. The summed E-state index contributed by atoms with van der Waals surface area (Å²) < 4.78 is 0. The molecule has 2 rings (SSSR count). The highest BCUT2D eigenvalue weighted by atomic mass is 35.5. The normalized spacial score (nSPS) is 19.8. The molecule has 110 valence electrons. The average Bonchev–Trinajstić information content (AvgIpc) is 2.48. The highest BCUT2D eigenvalue weighted by Crippen LogP contribution is 2.15. The van der Waals surface area contributed by atoms with E-state index in [-0.39, 0.29) is 12.5 Å². The van der Waals surface area contributed by atoms with Crippen molar-refractivity contribution in [2.45, 2.75) is 12.8 Å². The second-order valence-electron chi connectivity index (χ2n) is 5.10. The first-order chi connectivity index (χ1) is 9.70. The quantitative estimate of drug-likeness (QED) is 0.856. The van der Waals surface area contributed by atoms with E-state index < -0.39 is 0 Å². The summed E-state index contributed by atoms with van der Waals surface area (Å²) in [6.07, 6.45) is 5.21. The highest BCUT2D eigenvalue weighted by molar-refractivity contribution is 6.33. The Morgan fingerprint density at radius 1 is 1.60 bits per heavy atom. The van der Waals surface area contributed by atoms with Crippen LogP contribution in [0, 0.1) is 5.92 Å². The molecule has 0 saturated carbocycles. The van der Waals surface area contributed by atoms with Crippen LogP contribution in [0.4, 0.5) is 0 Å². The molecule has 1 atom stereocenters. The first-order valence-corrected chi connectivity index (χ1v) is 7.29. The van der Waals surface area contributed by atoms with Crippen LogP contribution in [0.15, 0.2) is 18.5 Å². The Bertz CT molecular complexity index is 456. The van der Waals surface area contributed by atoms with Crippen LogP contribution < -0.4 is 5.32 Å². The maximum absolute atomic E-state index is 11.9. The Kier molecular flexibility index (Phi) is 5.76. The zero-order valence-corrected chi connectivity index (χ0v) is 12.1. The number of halogens is 1. The number of aliphatic hydroxyl groups is 1. The van der Waals surface area contributed by atoms with Gasteiger partial charge in [0, 0.05) is 38.6 Å². The Hall–Kier alpha value is -1.17. The number of aromatic nitrogens is 1. The molecule has 0 unspecified atom stereocenters. The summed E-state index contributed by atoms with van der Waals surface area (Å²) in [5.74, 6) is 0.196. The molecule has 1 aromatic rings. The van der Waals surface area contributed by atoms with Gasteiger partial charge in [-0.25, -0.2) is 0 Å². The molecule has 0 spiro atoms. The number of amides is 1. The number of likely N-dealkylation sites (tertiary alicyclic amines) is 1. The number of hydrogen-bond acceptors (Lipinski definition) is 4. The van der Waals surface area contributed by atoms with Crippen molar-refractivity contribution in [2.75, 3.05) is 32.8 Å². The molecular formula is C14H20ClN3O2. The summed E-state index contributed by atoms with van der Waals surface area (Å²) in [5.41, 5.74) is 0.452. The van der Waals surface area contributed by atoms with E-state index in [1.807, 2.05) is 0 Å². The number of pyridine rings is 1. The van der Waals surface area contributed by atoms with E-state index in [9.17, 15) is 9.90 Å². The second kappa shape index (κ2) is 7.57. The molecule has 1 fully saturated rings. The van der Waals surface area contributed by atoms with Gasteiger partial charge in [0.2, 0.25) is 0 Å². The summed E-state index contributed by atoms with van der Waals surface area (Å²) in [4.78, 5) is 18.1. The number of nitrogens with one attached hydrogen (secondary N) is 1. The fourth-order valence-corrected chi connectivity index (χ4v) is 2.69. The SMILES string of the molecule is O=C(NCCN1CCC[C@H](CO)C1)c1ccncc1Cl. The van der Waals surface area contributed by atoms with Gasteiger partial charge >= 0.3 is 0 Å². The van der Waals surface area contributed by atoms with E-state index in [2.05, 4.69) is 15.2 Å². The third-order valence-electron chi connectivity index (χ3n) is 3.59. The van der Waals surface area contributed by atoms with Gasteiger partial charge in [-0.3, -0.25) is 9.78 Å². The summed E-state index contributed by atoms with van der Waals surface area (Å²) in [6, 6.07) is 1.61. The molecule has 20 heavy (non-hydrogen) atoms. The average molecular weight is 298 g/mol. The van der Waals surface area contributed by atoms with Crippen LogP contribution in [0.25, 0.3) is 0 Å². The molecule has 1 aliphatic heterocycles. The maximum Gasteiger partial charge on any atom is 0.252 e. The third-order valence-corrected chi connectivity index (χ3v) is 3.89. The molecule has 0 aliphatic carbocycles. The molecular weight excluding hydrogens is 278 g/mol. The monoisotopic (exact) mass is 297 g/mol. The minimum atomic E-state index is -0.173. The van der Waals surface area contributed by atoms with Gasteiger partial charge in [-0.15, -0.1) is 0 Å². The number of nitrogens with zero attached hydrogens (tertiary/aromatic N) is 2. The van der Waals surface area contributed by atoms with Crippen LogP contribution in [0.1, 0.15) is 23.2 Å². The van der Waals surface area contributed by atoms with Crippen molar-refractivity contribution in [3.8, 4) is 0 Å². The van der Waals surface area contributed by atoms with E-state index in [4.69, 9.17) is 11.6 Å². The van der Waals surface area contributed by atoms with Crippen molar-refractivity contribution in [1.29, 1.82) is 0 Å². The molecule has 6 heteroatoms. The number of carbonyl (C=O) groups is 1. The van der Waals surface area contributed by atoms with Crippen LogP contribution in [0.2, 0.25) is 5.02 Å². The zero-order valence-electron chi connectivity index (χ0n) is 11.4. The van der Waals surface area contributed by atoms with Gasteiger partial charge in [-0.1, -0.05) is 11.6 Å². The van der Waals surface area contributed by atoms with Crippen LogP contribution in [-0.2, 0) is 0 Å². The summed E-state index contributed by atoms with van der Waals surface area (Å²) in [6.45, 7) is 3.56. The van der Waals surface area contributed by atoms with Gasteiger partial charge in [-0.05, 0) is 31.4 Å². The first-order valence-electron chi connectivity index (χ1n) is 6.91. The van der Waals surface area contributed by atoms with Crippen molar-refractivity contribution in [1.82, 2.24) is 15.2 Å². The Balaban J connectivity index is 1.76. The van der Waals surface area contributed by atoms with Crippen LogP contribution in [0.5, 0.6) is 0 Å². The van der Waals surface area contributed by atoms with Crippen molar-refractivity contribution in [2.24, 2.45) is 5.92 Å². The molecule has 5 nitrogen and oxygen atoms in total. The molecule has 0 radical (unpaired) electrons. The molecule has 2 N–H and O–H groups in total. The van der Waals surface area contributed by atoms with Gasteiger partial charge in [-0.2, -0.15) is 0 Å². The van der Waals surface area contributed by atoms with Crippen LogP contribution in [0.3, 0.4) is 0 Å². The first kappa shape index (κ1) is 15.2. The smallest absolute Gasteiger partial charge is 0.252 e. The molecule has 1 saturated heterocycles. The molecule has 1 aromatic heterocycles. The van der Waals surface area contributed by atoms with Gasteiger partial charge in [0.15, 0.2) is 0 Å². The van der Waals surface area contributed by atoms with Gasteiger partial charge in [0.25, 0.3) is 5.91 Å². The number of piperidine rings is 1. The minimum Gasteiger partial charge on any atom is -0.396 e. The zero-order chi connectivity index (χ0) is 14.4. The topological polar surface area (TPSA) is 65.5 Å². The van der Waals surface area contributed by atoms with Crippen molar-refractivity contribution in [3.05, 3.63) is 29.0 Å². The predicted octanol–water partition coefficient (Wildman–Crippen LogP) is 1.17. The van der Waals surface area contributed by atoms with E-state index in [1.54, 1.807) is 12.3 Å². The van der Waals surface area contributed by atoms with Crippen molar-refractivity contribution in [3.63, 3.8) is 0 Å². The van der Waals surface area contributed by atoms with Crippen molar-refractivity contribution >= 4 is 17.5 Å². The molecule has 0 aromatic carbocycles. The molecule has 1 aliphatic rings. The third kappa shape index (κ3) is 4.16. The lowest BCUT2D eigenvalue weighted by molar-refractivity contribution is 0.0930. The van der Waals surface area contributed by atoms with Gasteiger partial charge in [0.1, 0.15) is 0 Å². The number of aliphatic hydroxyl groups excluding tert-OH is 1. The van der Waals surface area contributed by atoms with E-state index >= 15 is 0 Å². The van der Waals surface area contributed by atoms with Crippen LogP contribution in [-0.4, -0.2) is 53.7 Å². The molecule has 0 bridgehead atoms. The summed E-state index contributed by atoms with van der Waals surface area (Å²) >= 11 is 5.92. The van der Waals surface area contributed by atoms with Gasteiger partial charge < -0.3 is 15.3 Å². The number of rotatable bonds is 5. The van der Waals surface area contributed by atoms with E-state index in [0.717, 1.165) is 32.5 Å². The maximum atomic E-state index is 11.9. The second-order valence-corrected chi connectivity index (χ2v) is 5.51. The summed E-state index contributed by atoms with van der Waals surface area (Å²) in [7, 11) is 0. The van der Waals surface area contributed by atoms with Gasteiger partial charge in [0.05, 0.1) is 10.6 Å². The predicted molar refractivity (Wildman–Crippen MR) is 77.8 cm³/mol. The van der Waals surface area contributed by atoms with Crippen molar-refractivity contribution < 1.29 is 9.90 Å². The van der Waals surface area contributed by atoms with E-state index in [0.29, 0.717) is 23.0 Å². The highest BCUT2D eigenvalue weighted by Gasteiger charge is 2.19. The Morgan fingerprint density at radius 3 is 3.20 bits per heavy atom. The van der Waals surface area contributed by atoms with E-state index in [1.165, 1.54) is 6.20 Å². The number of hydrogen-bond donors (Lipinski definition) is 2. The Labute approximate surface area is 123 Å².